The Morgan fingerprint density at radius 1 is 1.03 bits per heavy atom. The summed E-state index contributed by atoms with van der Waals surface area (Å²) in [7, 11) is 0. The van der Waals surface area contributed by atoms with Crippen LogP contribution in [0.3, 0.4) is 0 Å². The van der Waals surface area contributed by atoms with Crippen molar-refractivity contribution in [2.24, 2.45) is 28.1 Å². The molecule has 2 aromatic rings. The van der Waals surface area contributed by atoms with Crippen molar-refractivity contribution in [3.8, 4) is 0 Å². The van der Waals surface area contributed by atoms with Crippen LogP contribution in [0.15, 0.2) is 35.3 Å². The first-order valence-electron chi connectivity index (χ1n) is 13.2. The molecular formula is C29H38N2O3. The minimum Gasteiger partial charge on any atom is -0.381 e. The van der Waals surface area contributed by atoms with E-state index in [2.05, 4.69) is 19.2 Å². The van der Waals surface area contributed by atoms with Crippen molar-refractivity contribution in [2.75, 3.05) is 18.5 Å². The van der Waals surface area contributed by atoms with Crippen molar-refractivity contribution in [1.82, 2.24) is 4.57 Å². The molecule has 5 heteroatoms. The molecule has 7 rings (SSSR count). The second-order valence-corrected chi connectivity index (χ2v) is 13.0. The number of pyridine rings is 1. The molecule has 5 fully saturated rings. The predicted octanol–water partition coefficient (Wildman–Crippen LogP) is 5.75. The van der Waals surface area contributed by atoms with Gasteiger partial charge in [0.05, 0.1) is 0 Å². The van der Waals surface area contributed by atoms with Crippen LogP contribution < -0.4 is 10.9 Å². The Hall–Kier alpha value is -2.14. The van der Waals surface area contributed by atoms with E-state index in [-0.39, 0.29) is 16.9 Å². The molecular weight excluding hydrogens is 424 g/mol. The second kappa shape index (κ2) is 7.94. The van der Waals surface area contributed by atoms with E-state index in [1.54, 1.807) is 0 Å². The number of amides is 1. The molecule has 5 nitrogen and oxygen atoms in total. The van der Waals surface area contributed by atoms with Gasteiger partial charge in [-0.15, -0.1) is 0 Å². The van der Waals surface area contributed by atoms with E-state index in [4.69, 9.17) is 4.74 Å². The summed E-state index contributed by atoms with van der Waals surface area (Å²) >= 11 is 0. The number of carbonyl (C=O) groups is 1. The fourth-order valence-electron chi connectivity index (χ4n) is 9.19. The summed E-state index contributed by atoms with van der Waals surface area (Å²) in [4.78, 5) is 26.6. The molecule has 2 heterocycles. The maximum Gasteiger partial charge on any atom is 0.258 e. The zero-order valence-electron chi connectivity index (χ0n) is 20.7. The summed E-state index contributed by atoms with van der Waals surface area (Å²) in [6, 6.07) is 7.71. The lowest BCUT2D eigenvalue weighted by atomic mass is 9.40. The van der Waals surface area contributed by atoms with Crippen LogP contribution >= 0.6 is 0 Å². The lowest BCUT2D eigenvalue weighted by Gasteiger charge is -2.65. The first-order valence-corrected chi connectivity index (χ1v) is 13.2. The summed E-state index contributed by atoms with van der Waals surface area (Å²) < 4.78 is 7.30. The van der Waals surface area contributed by atoms with E-state index >= 15 is 0 Å². The number of carbonyl (C=O) groups excluding carboxylic acids is 1. The second-order valence-electron chi connectivity index (χ2n) is 13.0. The highest BCUT2D eigenvalue weighted by Gasteiger charge is 2.60. The van der Waals surface area contributed by atoms with E-state index in [1.807, 2.05) is 35.0 Å². The maximum absolute atomic E-state index is 13.4. The molecule has 4 aliphatic carbocycles. The van der Waals surface area contributed by atoms with Gasteiger partial charge in [-0.05, 0) is 97.6 Å². The zero-order chi connectivity index (χ0) is 23.6. The Bertz CT molecular complexity index is 1160. The van der Waals surface area contributed by atoms with Gasteiger partial charge in [0.25, 0.3) is 5.56 Å². The molecule has 4 bridgehead atoms. The summed E-state index contributed by atoms with van der Waals surface area (Å²) in [5, 5.41) is 4.73. The highest BCUT2D eigenvalue weighted by atomic mass is 16.5. The monoisotopic (exact) mass is 462 g/mol. The molecule has 0 spiro atoms. The molecule has 182 valence electrons. The molecule has 1 aromatic carbocycles. The van der Waals surface area contributed by atoms with Crippen LogP contribution in [0.5, 0.6) is 0 Å². The van der Waals surface area contributed by atoms with Gasteiger partial charge in [-0.1, -0.05) is 19.9 Å². The SMILES string of the molecule is CC12CC3CC(C)(C1)CC(CC(=O)Nc1cccc4c(=O)n(CC5CCOCC5)ccc14)(C3)C2. The van der Waals surface area contributed by atoms with Crippen molar-refractivity contribution in [3.63, 3.8) is 0 Å². The first kappa shape index (κ1) is 22.3. The maximum atomic E-state index is 13.4. The normalized spacial score (nSPS) is 35.1. The van der Waals surface area contributed by atoms with Crippen LogP contribution in [-0.4, -0.2) is 23.7 Å². The van der Waals surface area contributed by atoms with Crippen LogP contribution in [0.2, 0.25) is 0 Å². The molecule has 1 amide bonds. The van der Waals surface area contributed by atoms with Crippen molar-refractivity contribution in [2.45, 2.75) is 78.2 Å². The highest BCUT2D eigenvalue weighted by molar-refractivity contribution is 6.02. The summed E-state index contributed by atoms with van der Waals surface area (Å²) in [6.45, 7) is 7.21. The third kappa shape index (κ3) is 4.00. The van der Waals surface area contributed by atoms with Gasteiger partial charge in [-0.25, -0.2) is 0 Å². The van der Waals surface area contributed by atoms with E-state index in [1.165, 1.54) is 38.5 Å². The molecule has 0 radical (unpaired) electrons. The Morgan fingerprint density at radius 3 is 2.47 bits per heavy atom. The number of anilines is 1. The van der Waals surface area contributed by atoms with E-state index in [0.29, 0.717) is 28.6 Å². The summed E-state index contributed by atoms with van der Waals surface area (Å²) in [6.07, 6.45) is 12.1. The molecule has 1 aromatic heterocycles. The molecule has 1 aliphatic heterocycles. The zero-order valence-corrected chi connectivity index (χ0v) is 20.7. The third-order valence-electron chi connectivity index (χ3n) is 9.37. The van der Waals surface area contributed by atoms with Gasteiger partial charge in [-0.2, -0.15) is 0 Å². The van der Waals surface area contributed by atoms with Crippen LogP contribution in [0.25, 0.3) is 10.8 Å². The number of hydrogen-bond donors (Lipinski definition) is 1. The lowest BCUT2D eigenvalue weighted by molar-refractivity contribution is -0.153. The fraction of sp³-hybridized carbons (Fsp3) is 0.655. The van der Waals surface area contributed by atoms with Crippen molar-refractivity contribution in [1.29, 1.82) is 0 Å². The molecule has 1 saturated heterocycles. The highest BCUT2D eigenvalue weighted by Crippen LogP contribution is 2.70. The number of nitrogens with one attached hydrogen (secondary N) is 1. The average molecular weight is 463 g/mol. The number of hydrogen-bond acceptors (Lipinski definition) is 3. The van der Waals surface area contributed by atoms with Gasteiger partial charge in [0.1, 0.15) is 0 Å². The minimum absolute atomic E-state index is 0.0297. The van der Waals surface area contributed by atoms with Gasteiger partial charge < -0.3 is 14.6 Å². The lowest BCUT2D eigenvalue weighted by Crippen LogP contribution is -2.55. The fourth-order valence-corrected chi connectivity index (χ4v) is 9.19. The molecule has 34 heavy (non-hydrogen) atoms. The molecule has 2 unspecified atom stereocenters. The predicted molar refractivity (Wildman–Crippen MR) is 135 cm³/mol. The van der Waals surface area contributed by atoms with Gasteiger partial charge in [0.2, 0.25) is 5.91 Å². The van der Waals surface area contributed by atoms with Gasteiger partial charge >= 0.3 is 0 Å². The van der Waals surface area contributed by atoms with Crippen molar-refractivity contribution in [3.05, 3.63) is 40.8 Å². The number of aromatic nitrogens is 1. The van der Waals surface area contributed by atoms with E-state index in [9.17, 15) is 9.59 Å². The molecule has 4 saturated carbocycles. The minimum atomic E-state index is 0.0297. The quantitative estimate of drug-likeness (QED) is 0.615. The Balaban J connectivity index is 1.21. The third-order valence-corrected chi connectivity index (χ3v) is 9.37. The number of nitrogens with zero attached hydrogens (tertiary/aromatic N) is 1. The average Bonchev–Trinajstić information content (AvgIpc) is 2.74. The van der Waals surface area contributed by atoms with Crippen molar-refractivity contribution >= 4 is 22.4 Å². The van der Waals surface area contributed by atoms with Gasteiger partial charge in [0, 0.05) is 48.8 Å². The van der Waals surface area contributed by atoms with Crippen LogP contribution in [0.4, 0.5) is 5.69 Å². The Morgan fingerprint density at radius 2 is 1.76 bits per heavy atom. The van der Waals surface area contributed by atoms with Gasteiger partial charge in [0.15, 0.2) is 0 Å². The number of ether oxygens (including phenoxy) is 1. The van der Waals surface area contributed by atoms with E-state index < -0.39 is 0 Å². The Labute approximate surface area is 202 Å². The van der Waals surface area contributed by atoms with E-state index in [0.717, 1.165) is 49.6 Å². The molecule has 1 N–H and O–H groups in total. The molecule has 5 aliphatic rings. The topological polar surface area (TPSA) is 60.3 Å². The van der Waals surface area contributed by atoms with Gasteiger partial charge in [-0.3, -0.25) is 9.59 Å². The van der Waals surface area contributed by atoms with Crippen molar-refractivity contribution < 1.29 is 9.53 Å². The van der Waals surface area contributed by atoms with Crippen LogP contribution in [-0.2, 0) is 16.1 Å². The smallest absolute Gasteiger partial charge is 0.258 e. The Kier molecular flexibility index (Phi) is 5.22. The summed E-state index contributed by atoms with van der Waals surface area (Å²) in [5.74, 6) is 1.37. The first-order chi connectivity index (χ1) is 16.2. The van der Waals surface area contributed by atoms with Crippen LogP contribution in [0.1, 0.15) is 71.6 Å². The molecule has 2 atom stereocenters. The number of fused-ring (bicyclic) bond motifs is 1. The summed E-state index contributed by atoms with van der Waals surface area (Å²) in [5.41, 5.74) is 1.75. The largest absolute Gasteiger partial charge is 0.381 e. The standard InChI is InChI=1S/C29H38N2O3/c1-27-12-21-13-28(2,17-27)19-29(14-21,18-27)15-25(32)30-24-5-3-4-23-22(24)6-9-31(26(23)33)16-20-7-10-34-11-8-20/h3-6,9,20-21H,7-8,10-19H2,1-2H3,(H,30,32). The van der Waals surface area contributed by atoms with Crippen LogP contribution in [0, 0.1) is 28.1 Å². The number of benzene rings is 1. The number of rotatable bonds is 5.